The van der Waals surface area contributed by atoms with Crippen molar-refractivity contribution < 1.29 is 19.0 Å². The van der Waals surface area contributed by atoms with Gasteiger partial charge in [-0.3, -0.25) is 0 Å². The molecule has 1 atom stereocenters. The average Bonchev–Trinajstić information content (AvgIpc) is 2.09. The van der Waals surface area contributed by atoms with E-state index in [0.717, 1.165) is 6.07 Å². The Kier molecular flexibility index (Phi) is 3.44. The normalized spacial score (nSPS) is 12.9. The second kappa shape index (κ2) is 4.23. The van der Waals surface area contributed by atoms with Crippen molar-refractivity contribution in [1.29, 1.82) is 0 Å². The van der Waals surface area contributed by atoms with Gasteiger partial charge in [0.15, 0.2) is 11.6 Å². The number of halogens is 3. The molecular weight excluding hydrogens is 258 g/mol. The molecule has 1 rings (SSSR count). The highest BCUT2D eigenvalue weighted by molar-refractivity contribution is 9.10. The summed E-state index contributed by atoms with van der Waals surface area (Å²) < 4.78 is 26.1. The lowest BCUT2D eigenvalue weighted by atomic mass is 10.1. The molecule has 0 bridgehead atoms. The smallest absolute Gasteiger partial charge is 0.165 e. The van der Waals surface area contributed by atoms with Crippen molar-refractivity contribution in [3.63, 3.8) is 0 Å². The Balaban J connectivity index is 3.25. The van der Waals surface area contributed by atoms with Gasteiger partial charge < -0.3 is 10.2 Å². The molecule has 78 valence electrons. The first-order valence-corrected chi connectivity index (χ1v) is 4.76. The van der Waals surface area contributed by atoms with Crippen LogP contribution in [0.3, 0.4) is 0 Å². The van der Waals surface area contributed by atoms with Gasteiger partial charge in [-0.15, -0.1) is 0 Å². The van der Waals surface area contributed by atoms with Crippen molar-refractivity contribution in [3.05, 3.63) is 27.7 Å². The van der Waals surface area contributed by atoms with Gasteiger partial charge in [-0.1, -0.05) is 0 Å². The molecule has 0 radical (unpaired) electrons. The number of aromatic hydroxyl groups is 1. The van der Waals surface area contributed by atoms with Gasteiger partial charge in [-0.25, -0.2) is 8.78 Å². The number of phenolic OH excluding ortho intramolecular Hbond substituents is 1. The molecule has 0 saturated carbocycles. The van der Waals surface area contributed by atoms with Crippen LogP contribution in [0, 0.1) is 11.6 Å². The lowest BCUT2D eigenvalue weighted by Gasteiger charge is -2.10. The van der Waals surface area contributed by atoms with Crippen molar-refractivity contribution in [2.45, 2.75) is 19.4 Å². The summed E-state index contributed by atoms with van der Waals surface area (Å²) in [5, 5.41) is 18.4. The molecule has 0 heterocycles. The lowest BCUT2D eigenvalue weighted by Crippen LogP contribution is -2.07. The topological polar surface area (TPSA) is 40.5 Å². The second-order valence-electron chi connectivity index (χ2n) is 3.03. The van der Waals surface area contributed by atoms with Crippen LogP contribution in [0.4, 0.5) is 8.78 Å². The zero-order chi connectivity index (χ0) is 10.9. The molecule has 0 spiro atoms. The summed E-state index contributed by atoms with van der Waals surface area (Å²) in [5.41, 5.74) is -0.216. The summed E-state index contributed by atoms with van der Waals surface area (Å²) in [6.07, 6.45) is -0.974. The highest BCUT2D eigenvalue weighted by Gasteiger charge is 2.17. The van der Waals surface area contributed by atoms with E-state index in [0.29, 0.717) is 0 Å². The lowest BCUT2D eigenvalue weighted by molar-refractivity contribution is 0.192. The number of aliphatic hydroxyl groups excluding tert-OH is 1. The van der Waals surface area contributed by atoms with E-state index >= 15 is 0 Å². The summed E-state index contributed by atoms with van der Waals surface area (Å²) in [6.45, 7) is 1.43. The first-order valence-electron chi connectivity index (χ1n) is 3.97. The van der Waals surface area contributed by atoms with Crippen LogP contribution < -0.4 is 0 Å². The zero-order valence-corrected chi connectivity index (χ0v) is 8.98. The SMILES string of the molecule is CC(O)Cc1c(O)c(Br)cc(F)c1F. The van der Waals surface area contributed by atoms with Crippen LogP contribution in [0.25, 0.3) is 0 Å². The van der Waals surface area contributed by atoms with Gasteiger partial charge in [0, 0.05) is 12.0 Å². The first-order chi connectivity index (χ1) is 6.43. The van der Waals surface area contributed by atoms with E-state index in [9.17, 15) is 13.9 Å². The molecule has 5 heteroatoms. The van der Waals surface area contributed by atoms with Gasteiger partial charge in [0.05, 0.1) is 10.6 Å². The van der Waals surface area contributed by atoms with Crippen LogP contribution in [0.2, 0.25) is 0 Å². The monoisotopic (exact) mass is 266 g/mol. The molecule has 1 unspecified atom stereocenters. The molecule has 0 aliphatic heterocycles. The molecule has 1 aromatic rings. The number of hydrogen-bond donors (Lipinski definition) is 2. The van der Waals surface area contributed by atoms with Gasteiger partial charge in [-0.2, -0.15) is 0 Å². The molecule has 1 aromatic carbocycles. The van der Waals surface area contributed by atoms with Crippen LogP contribution in [-0.4, -0.2) is 16.3 Å². The maximum atomic E-state index is 13.1. The van der Waals surface area contributed by atoms with Gasteiger partial charge in [0.25, 0.3) is 0 Å². The Morgan fingerprint density at radius 3 is 2.57 bits per heavy atom. The summed E-state index contributed by atoms with van der Waals surface area (Å²) >= 11 is 2.88. The van der Waals surface area contributed by atoms with Crippen molar-refractivity contribution >= 4 is 15.9 Å². The van der Waals surface area contributed by atoms with Gasteiger partial charge in [0.2, 0.25) is 0 Å². The Hall–Kier alpha value is -0.680. The van der Waals surface area contributed by atoms with Gasteiger partial charge >= 0.3 is 0 Å². The Morgan fingerprint density at radius 2 is 2.07 bits per heavy atom. The van der Waals surface area contributed by atoms with Crippen molar-refractivity contribution in [3.8, 4) is 5.75 Å². The predicted octanol–water partition coefficient (Wildman–Crippen LogP) is 2.36. The largest absolute Gasteiger partial charge is 0.506 e. The fourth-order valence-electron chi connectivity index (χ4n) is 1.12. The average molecular weight is 267 g/mol. The maximum absolute atomic E-state index is 13.1. The molecule has 2 N–H and O–H groups in total. The molecule has 0 aliphatic carbocycles. The van der Waals surface area contributed by atoms with Crippen LogP contribution in [0.5, 0.6) is 5.75 Å². The molecule has 0 aromatic heterocycles. The molecule has 0 fully saturated rings. The fraction of sp³-hybridized carbons (Fsp3) is 0.333. The fourth-order valence-corrected chi connectivity index (χ4v) is 1.56. The van der Waals surface area contributed by atoms with Crippen LogP contribution in [0.15, 0.2) is 10.5 Å². The van der Waals surface area contributed by atoms with E-state index in [1.165, 1.54) is 6.92 Å². The van der Waals surface area contributed by atoms with Crippen molar-refractivity contribution in [1.82, 2.24) is 0 Å². The zero-order valence-electron chi connectivity index (χ0n) is 7.39. The van der Waals surface area contributed by atoms with E-state index in [-0.39, 0.29) is 22.2 Å². The summed E-state index contributed by atoms with van der Waals surface area (Å²) in [4.78, 5) is 0. The molecule has 0 aliphatic rings. The number of aliphatic hydroxyl groups is 1. The quantitative estimate of drug-likeness (QED) is 0.807. The number of benzene rings is 1. The first kappa shape index (κ1) is 11.4. The Bertz CT molecular complexity index is 327. The maximum Gasteiger partial charge on any atom is 0.165 e. The third-order valence-electron chi connectivity index (χ3n) is 1.74. The van der Waals surface area contributed by atoms with Crippen molar-refractivity contribution in [2.75, 3.05) is 0 Å². The summed E-state index contributed by atoms with van der Waals surface area (Å²) in [5.74, 6) is -2.54. The minimum absolute atomic E-state index is 0.0760. The Labute approximate surface area is 88.3 Å². The molecule has 2 nitrogen and oxygen atoms in total. The highest BCUT2D eigenvalue weighted by atomic mass is 79.9. The number of hydrogen-bond acceptors (Lipinski definition) is 2. The standard InChI is InChI=1S/C9H9BrF2O2/c1-4(13)2-5-8(12)7(11)3-6(10)9(5)14/h3-4,13-14H,2H2,1H3. The second-order valence-corrected chi connectivity index (χ2v) is 3.89. The highest BCUT2D eigenvalue weighted by Crippen LogP contribution is 2.32. The summed E-state index contributed by atoms with van der Waals surface area (Å²) in [6, 6.07) is 0.843. The van der Waals surface area contributed by atoms with E-state index < -0.39 is 17.7 Å². The van der Waals surface area contributed by atoms with E-state index in [1.54, 1.807) is 0 Å². The van der Waals surface area contributed by atoms with E-state index in [4.69, 9.17) is 5.11 Å². The Morgan fingerprint density at radius 1 is 1.50 bits per heavy atom. The van der Waals surface area contributed by atoms with Crippen LogP contribution >= 0.6 is 15.9 Å². The van der Waals surface area contributed by atoms with E-state index in [2.05, 4.69) is 15.9 Å². The third-order valence-corrected chi connectivity index (χ3v) is 2.34. The third kappa shape index (κ3) is 2.22. The molecule has 0 saturated heterocycles. The molecule has 0 amide bonds. The number of rotatable bonds is 2. The molecule has 14 heavy (non-hydrogen) atoms. The minimum Gasteiger partial charge on any atom is -0.506 e. The molecular formula is C9H9BrF2O2. The van der Waals surface area contributed by atoms with Crippen LogP contribution in [0.1, 0.15) is 12.5 Å². The minimum atomic E-state index is -1.12. The van der Waals surface area contributed by atoms with Crippen LogP contribution in [-0.2, 0) is 6.42 Å². The van der Waals surface area contributed by atoms with E-state index in [1.807, 2.05) is 0 Å². The predicted molar refractivity (Wildman–Crippen MR) is 51.1 cm³/mol. The summed E-state index contributed by atoms with van der Waals surface area (Å²) in [7, 11) is 0. The van der Waals surface area contributed by atoms with Gasteiger partial charge in [-0.05, 0) is 28.9 Å². The van der Waals surface area contributed by atoms with Crippen molar-refractivity contribution in [2.24, 2.45) is 0 Å². The van der Waals surface area contributed by atoms with Gasteiger partial charge in [0.1, 0.15) is 5.75 Å². The number of phenols is 1.